The minimum atomic E-state index is 0.407. The summed E-state index contributed by atoms with van der Waals surface area (Å²) >= 11 is 0. The van der Waals surface area contributed by atoms with Gasteiger partial charge in [-0.25, -0.2) is 0 Å². The highest BCUT2D eigenvalue weighted by Gasteiger charge is 2.51. The van der Waals surface area contributed by atoms with Gasteiger partial charge in [0.15, 0.2) is 0 Å². The minimum absolute atomic E-state index is 0.407. The van der Waals surface area contributed by atoms with Crippen LogP contribution in [0.3, 0.4) is 0 Å². The number of rotatable bonds is 4. The summed E-state index contributed by atoms with van der Waals surface area (Å²) in [6, 6.07) is 0. The van der Waals surface area contributed by atoms with Gasteiger partial charge in [-0.3, -0.25) is 0 Å². The molecule has 0 bridgehead atoms. The third-order valence-electron chi connectivity index (χ3n) is 4.54. The van der Waals surface area contributed by atoms with Crippen LogP contribution in [0.4, 0.5) is 0 Å². The van der Waals surface area contributed by atoms with Gasteiger partial charge in [0, 0.05) is 6.61 Å². The molecule has 2 rings (SSSR count). The predicted octanol–water partition coefficient (Wildman–Crippen LogP) is 2.83. The van der Waals surface area contributed by atoms with Crippen LogP contribution in [0.2, 0.25) is 0 Å². The summed E-state index contributed by atoms with van der Waals surface area (Å²) in [5, 5.41) is 9.03. The van der Waals surface area contributed by atoms with Gasteiger partial charge in [0.05, 0.1) is 0 Å². The lowest BCUT2D eigenvalue weighted by Gasteiger charge is -2.10. The third kappa shape index (κ3) is 1.76. The van der Waals surface area contributed by atoms with Crippen LogP contribution in [-0.4, -0.2) is 11.7 Å². The molecule has 0 radical (unpaired) electrons. The summed E-state index contributed by atoms with van der Waals surface area (Å²) < 4.78 is 0. The van der Waals surface area contributed by atoms with Crippen LogP contribution in [-0.2, 0) is 0 Å². The first-order valence-corrected chi connectivity index (χ1v) is 5.59. The second-order valence-corrected chi connectivity index (χ2v) is 6.17. The average Bonchev–Trinajstić information content (AvgIpc) is 2.87. The van der Waals surface area contributed by atoms with Crippen LogP contribution in [0.25, 0.3) is 0 Å². The standard InChI is InChI=1S/C12H22O/c1-11(2)6-9(11)4-5-12(3)7-10(12)8-13/h9-10,13H,4-8H2,1-3H3/t9-,10+,12+/m1/s1. The van der Waals surface area contributed by atoms with Crippen molar-refractivity contribution in [1.29, 1.82) is 0 Å². The first-order valence-electron chi connectivity index (χ1n) is 5.59. The van der Waals surface area contributed by atoms with Crippen molar-refractivity contribution >= 4 is 0 Å². The molecule has 76 valence electrons. The van der Waals surface area contributed by atoms with Crippen molar-refractivity contribution in [1.82, 2.24) is 0 Å². The Labute approximate surface area is 81.5 Å². The Morgan fingerprint density at radius 2 is 1.77 bits per heavy atom. The minimum Gasteiger partial charge on any atom is -0.396 e. The van der Waals surface area contributed by atoms with E-state index in [9.17, 15) is 0 Å². The highest BCUT2D eigenvalue weighted by molar-refractivity contribution is 5.01. The lowest BCUT2D eigenvalue weighted by Crippen LogP contribution is -2.02. The lowest BCUT2D eigenvalue weighted by atomic mass is 9.96. The van der Waals surface area contributed by atoms with Crippen molar-refractivity contribution in [3.05, 3.63) is 0 Å². The summed E-state index contributed by atoms with van der Waals surface area (Å²) in [5.41, 5.74) is 1.15. The molecular formula is C12H22O. The Kier molecular flexibility index (Phi) is 1.99. The zero-order valence-corrected chi connectivity index (χ0v) is 9.14. The maximum Gasteiger partial charge on any atom is 0.0464 e. The first-order chi connectivity index (χ1) is 5.98. The van der Waals surface area contributed by atoms with Crippen LogP contribution in [0.1, 0.15) is 46.5 Å². The van der Waals surface area contributed by atoms with Crippen LogP contribution >= 0.6 is 0 Å². The van der Waals surface area contributed by atoms with E-state index < -0.39 is 0 Å². The fourth-order valence-corrected chi connectivity index (χ4v) is 2.67. The van der Waals surface area contributed by atoms with Gasteiger partial charge in [-0.1, -0.05) is 20.8 Å². The van der Waals surface area contributed by atoms with Crippen LogP contribution in [0.15, 0.2) is 0 Å². The fraction of sp³-hybridized carbons (Fsp3) is 1.00. The zero-order valence-electron chi connectivity index (χ0n) is 9.14. The number of hydrogen-bond acceptors (Lipinski definition) is 1. The maximum atomic E-state index is 9.03. The summed E-state index contributed by atoms with van der Waals surface area (Å²) in [6.45, 7) is 7.49. The Bertz CT molecular complexity index is 209. The van der Waals surface area contributed by atoms with E-state index in [4.69, 9.17) is 5.11 Å². The quantitative estimate of drug-likeness (QED) is 0.709. The molecule has 0 spiro atoms. The van der Waals surface area contributed by atoms with Gasteiger partial charge in [-0.15, -0.1) is 0 Å². The Morgan fingerprint density at radius 1 is 1.15 bits per heavy atom. The molecule has 13 heavy (non-hydrogen) atoms. The molecule has 0 saturated heterocycles. The first kappa shape index (κ1) is 9.51. The molecule has 0 aromatic heterocycles. The van der Waals surface area contributed by atoms with Gasteiger partial charge in [0.2, 0.25) is 0 Å². The van der Waals surface area contributed by atoms with Gasteiger partial charge >= 0.3 is 0 Å². The van der Waals surface area contributed by atoms with E-state index in [0.717, 1.165) is 5.92 Å². The molecule has 0 aliphatic heterocycles. The smallest absolute Gasteiger partial charge is 0.0464 e. The molecule has 0 aromatic rings. The zero-order chi connectivity index (χ0) is 9.69. The molecule has 0 heterocycles. The highest BCUT2D eigenvalue weighted by Crippen LogP contribution is 2.60. The molecular weight excluding hydrogens is 160 g/mol. The van der Waals surface area contributed by atoms with Crippen molar-refractivity contribution in [3.8, 4) is 0 Å². The van der Waals surface area contributed by atoms with E-state index in [2.05, 4.69) is 20.8 Å². The van der Waals surface area contributed by atoms with Crippen LogP contribution in [0.5, 0.6) is 0 Å². The summed E-state index contributed by atoms with van der Waals surface area (Å²) in [6.07, 6.45) is 5.41. The summed E-state index contributed by atoms with van der Waals surface area (Å²) in [4.78, 5) is 0. The molecule has 2 saturated carbocycles. The monoisotopic (exact) mass is 182 g/mol. The molecule has 0 amide bonds. The van der Waals surface area contributed by atoms with Crippen molar-refractivity contribution in [2.75, 3.05) is 6.61 Å². The average molecular weight is 182 g/mol. The topological polar surface area (TPSA) is 20.2 Å². The van der Waals surface area contributed by atoms with Gasteiger partial charge in [-0.05, 0) is 48.3 Å². The van der Waals surface area contributed by atoms with Crippen molar-refractivity contribution in [3.63, 3.8) is 0 Å². The van der Waals surface area contributed by atoms with Gasteiger partial charge in [0.25, 0.3) is 0 Å². The van der Waals surface area contributed by atoms with Gasteiger partial charge in [0.1, 0.15) is 0 Å². The molecule has 0 unspecified atom stereocenters. The normalized spacial score (nSPS) is 46.2. The van der Waals surface area contributed by atoms with Crippen molar-refractivity contribution in [2.24, 2.45) is 22.7 Å². The predicted molar refractivity (Wildman–Crippen MR) is 54.4 cm³/mol. The maximum absolute atomic E-state index is 9.03. The Balaban J connectivity index is 1.70. The fourth-order valence-electron chi connectivity index (χ4n) is 2.67. The van der Waals surface area contributed by atoms with Crippen LogP contribution in [0, 0.1) is 22.7 Å². The van der Waals surface area contributed by atoms with E-state index in [-0.39, 0.29) is 0 Å². The van der Waals surface area contributed by atoms with E-state index in [1.54, 1.807) is 0 Å². The highest BCUT2D eigenvalue weighted by atomic mass is 16.3. The third-order valence-corrected chi connectivity index (χ3v) is 4.54. The molecule has 3 atom stereocenters. The second kappa shape index (κ2) is 2.73. The van der Waals surface area contributed by atoms with E-state index in [0.29, 0.717) is 23.4 Å². The van der Waals surface area contributed by atoms with Crippen molar-refractivity contribution in [2.45, 2.75) is 46.5 Å². The molecule has 1 nitrogen and oxygen atoms in total. The molecule has 2 aliphatic rings. The number of aliphatic hydroxyl groups is 1. The Morgan fingerprint density at radius 3 is 2.15 bits per heavy atom. The molecule has 2 aliphatic carbocycles. The van der Waals surface area contributed by atoms with E-state index in [1.807, 2.05) is 0 Å². The summed E-state index contributed by atoms with van der Waals surface area (Å²) in [5.74, 6) is 1.60. The molecule has 1 heteroatoms. The van der Waals surface area contributed by atoms with Crippen LogP contribution < -0.4 is 0 Å². The van der Waals surface area contributed by atoms with E-state index in [1.165, 1.54) is 25.7 Å². The summed E-state index contributed by atoms with van der Waals surface area (Å²) in [7, 11) is 0. The largest absolute Gasteiger partial charge is 0.396 e. The second-order valence-electron chi connectivity index (χ2n) is 6.17. The molecule has 0 aromatic carbocycles. The van der Waals surface area contributed by atoms with E-state index >= 15 is 0 Å². The lowest BCUT2D eigenvalue weighted by molar-refractivity contribution is 0.246. The number of hydrogen-bond donors (Lipinski definition) is 1. The molecule has 1 N–H and O–H groups in total. The van der Waals surface area contributed by atoms with Gasteiger partial charge < -0.3 is 5.11 Å². The van der Waals surface area contributed by atoms with Gasteiger partial charge in [-0.2, -0.15) is 0 Å². The molecule has 2 fully saturated rings. The van der Waals surface area contributed by atoms with Crippen molar-refractivity contribution < 1.29 is 5.11 Å². The number of aliphatic hydroxyl groups excluding tert-OH is 1. The SMILES string of the molecule is CC1(C)C[C@H]1CC[C@@]1(C)C[C@H]1CO. The Hall–Kier alpha value is -0.0400.